The van der Waals surface area contributed by atoms with Crippen LogP contribution in [0.5, 0.6) is 0 Å². The van der Waals surface area contributed by atoms with Crippen LogP contribution in [0.4, 0.5) is 0 Å². The second-order valence-electron chi connectivity index (χ2n) is 7.78. The number of hydrogen-bond donors (Lipinski definition) is 2. The predicted molar refractivity (Wildman–Crippen MR) is 103 cm³/mol. The van der Waals surface area contributed by atoms with Gasteiger partial charge < -0.3 is 15.5 Å². The smallest absolute Gasteiger partial charge is 0.224 e. The van der Waals surface area contributed by atoms with E-state index in [0.29, 0.717) is 13.0 Å². The molecule has 0 radical (unpaired) electrons. The van der Waals surface area contributed by atoms with Crippen molar-refractivity contribution in [3.05, 3.63) is 35.9 Å². The molecule has 26 heavy (non-hydrogen) atoms. The molecule has 4 rings (SSSR count). The number of likely N-dealkylation sites (tertiary alicyclic amines) is 1. The zero-order valence-electron chi connectivity index (χ0n) is 15.1. The number of carbonyl (C=O) groups is 2. The SMILES string of the molecule is Cl.O=C(NC(CN1CCCC1=O)c1ccccc1)C1CC12CCNCC2. The van der Waals surface area contributed by atoms with E-state index in [9.17, 15) is 9.59 Å². The van der Waals surface area contributed by atoms with Gasteiger partial charge in [-0.3, -0.25) is 9.59 Å². The standard InChI is InChI=1S/C20H27N3O2.ClH/c24-18-7-4-12-23(18)14-17(15-5-2-1-3-6-15)22-19(25)16-13-20(16)8-10-21-11-9-20;/h1-3,5-6,16-17,21H,4,7-14H2,(H,22,25);1H. The van der Waals surface area contributed by atoms with Crippen molar-refractivity contribution >= 4 is 24.2 Å². The average molecular weight is 378 g/mol. The lowest BCUT2D eigenvalue weighted by Crippen LogP contribution is -2.40. The molecule has 6 heteroatoms. The van der Waals surface area contributed by atoms with Gasteiger partial charge in [0.2, 0.25) is 11.8 Å². The molecule has 1 aromatic carbocycles. The number of hydrogen-bond acceptors (Lipinski definition) is 3. The lowest BCUT2D eigenvalue weighted by atomic mass is 9.91. The molecule has 1 spiro atoms. The Morgan fingerprint density at radius 2 is 2.00 bits per heavy atom. The summed E-state index contributed by atoms with van der Waals surface area (Å²) in [7, 11) is 0. The van der Waals surface area contributed by atoms with Crippen LogP contribution in [0.1, 0.15) is 43.7 Å². The maximum atomic E-state index is 12.9. The van der Waals surface area contributed by atoms with Gasteiger partial charge in [0.05, 0.1) is 6.04 Å². The molecule has 0 aromatic heterocycles. The molecule has 0 bridgehead atoms. The number of nitrogens with one attached hydrogen (secondary N) is 2. The molecule has 1 aliphatic carbocycles. The molecule has 2 heterocycles. The summed E-state index contributed by atoms with van der Waals surface area (Å²) in [4.78, 5) is 26.8. The zero-order chi connectivity index (χ0) is 17.3. The van der Waals surface area contributed by atoms with Crippen molar-refractivity contribution in [3.8, 4) is 0 Å². The third kappa shape index (κ3) is 3.89. The first kappa shape index (κ1) is 19.2. The van der Waals surface area contributed by atoms with Gasteiger partial charge in [-0.25, -0.2) is 0 Å². The molecule has 2 atom stereocenters. The summed E-state index contributed by atoms with van der Waals surface area (Å²) in [5, 5.41) is 6.64. The van der Waals surface area contributed by atoms with Crippen molar-refractivity contribution in [1.82, 2.24) is 15.5 Å². The van der Waals surface area contributed by atoms with Crippen LogP contribution in [0, 0.1) is 11.3 Å². The normalized spacial score (nSPS) is 24.8. The molecule has 2 amide bonds. The summed E-state index contributed by atoms with van der Waals surface area (Å²) in [6.07, 6.45) is 4.78. The summed E-state index contributed by atoms with van der Waals surface area (Å²) in [6.45, 7) is 3.43. The van der Waals surface area contributed by atoms with E-state index in [2.05, 4.69) is 10.6 Å². The quantitative estimate of drug-likeness (QED) is 0.827. The maximum absolute atomic E-state index is 12.9. The Morgan fingerprint density at radius 1 is 1.27 bits per heavy atom. The highest BCUT2D eigenvalue weighted by molar-refractivity contribution is 5.85. The molecular formula is C20H28ClN3O2. The molecule has 2 unspecified atom stereocenters. The summed E-state index contributed by atoms with van der Waals surface area (Å²) < 4.78 is 0. The molecule has 2 aliphatic heterocycles. The first-order valence-corrected chi connectivity index (χ1v) is 9.52. The van der Waals surface area contributed by atoms with E-state index < -0.39 is 0 Å². The highest BCUT2D eigenvalue weighted by Crippen LogP contribution is 2.58. The van der Waals surface area contributed by atoms with Crippen LogP contribution >= 0.6 is 12.4 Å². The summed E-state index contributed by atoms with van der Waals surface area (Å²) in [5.41, 5.74) is 1.32. The van der Waals surface area contributed by atoms with Gasteiger partial charge in [0, 0.05) is 25.4 Å². The van der Waals surface area contributed by atoms with Gasteiger partial charge in [0.1, 0.15) is 0 Å². The van der Waals surface area contributed by atoms with Crippen LogP contribution in [0.2, 0.25) is 0 Å². The number of piperidine rings is 1. The minimum Gasteiger partial charge on any atom is -0.347 e. The van der Waals surface area contributed by atoms with Gasteiger partial charge in [-0.2, -0.15) is 0 Å². The molecule has 2 saturated heterocycles. The van der Waals surface area contributed by atoms with Crippen molar-refractivity contribution < 1.29 is 9.59 Å². The van der Waals surface area contributed by atoms with Gasteiger partial charge in [-0.1, -0.05) is 30.3 Å². The third-order valence-corrected chi connectivity index (χ3v) is 6.20. The second-order valence-corrected chi connectivity index (χ2v) is 7.78. The molecule has 142 valence electrons. The fourth-order valence-corrected chi connectivity index (χ4v) is 4.51. The fourth-order valence-electron chi connectivity index (χ4n) is 4.51. The summed E-state index contributed by atoms with van der Waals surface area (Å²) >= 11 is 0. The molecular weight excluding hydrogens is 350 g/mol. The van der Waals surface area contributed by atoms with Gasteiger partial charge in [-0.15, -0.1) is 12.4 Å². The topological polar surface area (TPSA) is 61.4 Å². The van der Waals surface area contributed by atoms with Crippen LogP contribution in [0.25, 0.3) is 0 Å². The number of amides is 2. The Hall–Kier alpha value is -1.59. The van der Waals surface area contributed by atoms with Crippen molar-refractivity contribution in [3.63, 3.8) is 0 Å². The lowest BCUT2D eigenvalue weighted by Gasteiger charge is -2.27. The number of benzene rings is 1. The van der Waals surface area contributed by atoms with Crippen LogP contribution in [-0.2, 0) is 9.59 Å². The van der Waals surface area contributed by atoms with Crippen molar-refractivity contribution in [2.75, 3.05) is 26.2 Å². The van der Waals surface area contributed by atoms with Gasteiger partial charge in [-0.05, 0) is 49.8 Å². The molecule has 1 saturated carbocycles. The Balaban J connectivity index is 0.00000196. The Bertz CT molecular complexity index is 646. The first-order valence-electron chi connectivity index (χ1n) is 9.52. The number of nitrogens with zero attached hydrogens (tertiary/aromatic N) is 1. The van der Waals surface area contributed by atoms with E-state index in [1.54, 1.807) is 0 Å². The van der Waals surface area contributed by atoms with E-state index in [0.717, 1.165) is 50.9 Å². The van der Waals surface area contributed by atoms with Crippen LogP contribution in [0.15, 0.2) is 30.3 Å². The molecule has 3 fully saturated rings. The summed E-state index contributed by atoms with van der Waals surface area (Å²) in [5.74, 6) is 0.522. The van der Waals surface area contributed by atoms with Gasteiger partial charge >= 0.3 is 0 Å². The van der Waals surface area contributed by atoms with Crippen molar-refractivity contribution in [2.24, 2.45) is 11.3 Å². The first-order chi connectivity index (χ1) is 12.2. The monoisotopic (exact) mass is 377 g/mol. The third-order valence-electron chi connectivity index (χ3n) is 6.20. The Morgan fingerprint density at radius 3 is 2.65 bits per heavy atom. The predicted octanol–water partition coefficient (Wildman–Crippen LogP) is 2.28. The van der Waals surface area contributed by atoms with E-state index >= 15 is 0 Å². The van der Waals surface area contributed by atoms with Crippen LogP contribution in [-0.4, -0.2) is 42.9 Å². The van der Waals surface area contributed by atoms with Crippen LogP contribution < -0.4 is 10.6 Å². The lowest BCUT2D eigenvalue weighted by molar-refractivity contribution is -0.129. The number of rotatable bonds is 5. The minimum absolute atomic E-state index is 0. The average Bonchev–Trinajstić information content (AvgIpc) is 3.18. The molecule has 1 aromatic rings. The van der Waals surface area contributed by atoms with E-state index in [-0.39, 0.29) is 41.6 Å². The largest absolute Gasteiger partial charge is 0.347 e. The molecule has 2 N–H and O–H groups in total. The van der Waals surface area contributed by atoms with Crippen molar-refractivity contribution in [2.45, 2.75) is 38.1 Å². The summed E-state index contributed by atoms with van der Waals surface area (Å²) in [6, 6.07) is 9.93. The van der Waals surface area contributed by atoms with Gasteiger partial charge in [0.25, 0.3) is 0 Å². The second kappa shape index (κ2) is 7.97. The molecule has 5 nitrogen and oxygen atoms in total. The van der Waals surface area contributed by atoms with E-state index in [4.69, 9.17) is 0 Å². The number of carbonyl (C=O) groups excluding carboxylic acids is 2. The molecule has 3 aliphatic rings. The fraction of sp³-hybridized carbons (Fsp3) is 0.600. The zero-order valence-corrected chi connectivity index (χ0v) is 15.9. The number of halogens is 1. The Labute approximate surface area is 161 Å². The Kier molecular flexibility index (Phi) is 5.88. The van der Waals surface area contributed by atoms with E-state index in [1.165, 1.54) is 0 Å². The van der Waals surface area contributed by atoms with Gasteiger partial charge in [0.15, 0.2) is 0 Å². The van der Waals surface area contributed by atoms with E-state index in [1.807, 2.05) is 35.2 Å². The van der Waals surface area contributed by atoms with Crippen molar-refractivity contribution in [1.29, 1.82) is 0 Å². The van der Waals surface area contributed by atoms with Crippen LogP contribution in [0.3, 0.4) is 0 Å². The highest BCUT2D eigenvalue weighted by Gasteiger charge is 2.57. The maximum Gasteiger partial charge on any atom is 0.224 e. The minimum atomic E-state index is -0.116. The highest BCUT2D eigenvalue weighted by atomic mass is 35.5.